The van der Waals surface area contributed by atoms with Crippen molar-refractivity contribution >= 4 is 6.29 Å². The van der Waals surface area contributed by atoms with Gasteiger partial charge in [-0.25, -0.2) is 4.68 Å². The first-order valence-corrected chi connectivity index (χ1v) is 6.99. The first-order chi connectivity index (χ1) is 8.88. The van der Waals surface area contributed by atoms with E-state index in [-0.39, 0.29) is 0 Å². The van der Waals surface area contributed by atoms with E-state index in [4.69, 9.17) is 0 Å². The van der Waals surface area contributed by atoms with E-state index >= 15 is 0 Å². The molecule has 0 aromatic carbocycles. The van der Waals surface area contributed by atoms with Crippen LogP contribution in [0.4, 0.5) is 0 Å². The van der Waals surface area contributed by atoms with Gasteiger partial charge in [0.1, 0.15) is 5.69 Å². The number of hydrogen-bond donors (Lipinski definition) is 0. The van der Waals surface area contributed by atoms with Crippen LogP contribution in [0.15, 0.2) is 0 Å². The van der Waals surface area contributed by atoms with Crippen molar-refractivity contribution in [2.24, 2.45) is 0 Å². The fraction of sp³-hybridized carbons (Fsp3) is 0.769. The molecule has 18 heavy (non-hydrogen) atoms. The summed E-state index contributed by atoms with van der Waals surface area (Å²) in [7, 11) is 0. The third-order valence-electron chi connectivity index (χ3n) is 4.23. The Morgan fingerprint density at radius 1 is 1.17 bits per heavy atom. The van der Waals surface area contributed by atoms with Gasteiger partial charge in [-0.1, -0.05) is 11.6 Å². The lowest BCUT2D eigenvalue weighted by Crippen LogP contribution is -2.26. The van der Waals surface area contributed by atoms with E-state index in [2.05, 4.69) is 15.2 Å². The van der Waals surface area contributed by atoms with Gasteiger partial charge in [-0.3, -0.25) is 4.79 Å². The van der Waals surface area contributed by atoms with Gasteiger partial charge in [-0.15, -0.1) is 5.10 Å². The number of carbonyl (C=O) groups is 1. The Kier molecular flexibility index (Phi) is 3.41. The van der Waals surface area contributed by atoms with Gasteiger partial charge in [-0.05, 0) is 38.8 Å². The van der Waals surface area contributed by atoms with E-state index < -0.39 is 0 Å². The summed E-state index contributed by atoms with van der Waals surface area (Å²) >= 11 is 0. The minimum atomic E-state index is 0.513. The smallest absolute Gasteiger partial charge is 0.172 e. The summed E-state index contributed by atoms with van der Waals surface area (Å²) in [5.41, 5.74) is 1.64. The first kappa shape index (κ1) is 11.8. The minimum Gasteiger partial charge on any atom is -0.301 e. The highest BCUT2D eigenvalue weighted by Crippen LogP contribution is 2.37. The Morgan fingerprint density at radius 3 is 2.56 bits per heavy atom. The molecule has 0 atom stereocenters. The molecule has 0 radical (unpaired) electrons. The first-order valence-electron chi connectivity index (χ1n) is 6.99. The summed E-state index contributed by atoms with van der Waals surface area (Å²) in [4.78, 5) is 13.5. The van der Waals surface area contributed by atoms with Crippen LogP contribution in [0, 0.1) is 0 Å². The molecule has 2 fully saturated rings. The van der Waals surface area contributed by atoms with Crippen molar-refractivity contribution < 1.29 is 4.79 Å². The lowest BCUT2D eigenvalue weighted by molar-refractivity contribution is 0.111. The zero-order valence-electron chi connectivity index (χ0n) is 10.7. The molecule has 0 spiro atoms. The van der Waals surface area contributed by atoms with Gasteiger partial charge < -0.3 is 4.90 Å². The molecule has 1 aromatic rings. The fourth-order valence-electron chi connectivity index (χ4n) is 2.93. The molecule has 2 heterocycles. The number of hydrogen-bond acceptors (Lipinski definition) is 4. The Balaban J connectivity index is 1.69. The van der Waals surface area contributed by atoms with Crippen molar-refractivity contribution in [1.82, 2.24) is 19.9 Å². The maximum Gasteiger partial charge on any atom is 0.172 e. The van der Waals surface area contributed by atoms with Crippen molar-refractivity contribution in [1.29, 1.82) is 0 Å². The summed E-state index contributed by atoms with van der Waals surface area (Å²) in [5, 5.41) is 8.17. The number of carbonyl (C=O) groups excluding carboxylic acids is 1. The molecule has 0 amide bonds. The lowest BCUT2D eigenvalue weighted by atomic mass is 9.82. The maximum absolute atomic E-state index is 11.0. The monoisotopic (exact) mass is 248 g/mol. The van der Waals surface area contributed by atoms with Crippen LogP contribution in [-0.4, -0.2) is 45.8 Å². The maximum atomic E-state index is 11.0. The highest BCUT2D eigenvalue weighted by atomic mass is 16.1. The molecule has 5 nitrogen and oxygen atoms in total. The third-order valence-corrected chi connectivity index (χ3v) is 4.23. The second kappa shape index (κ2) is 5.18. The number of nitrogens with zero attached hydrogens (tertiary/aromatic N) is 4. The van der Waals surface area contributed by atoms with Crippen LogP contribution in [-0.2, 0) is 6.54 Å². The van der Waals surface area contributed by atoms with Gasteiger partial charge in [0.05, 0.1) is 12.2 Å². The topological polar surface area (TPSA) is 51.0 Å². The van der Waals surface area contributed by atoms with Gasteiger partial charge in [0.25, 0.3) is 0 Å². The molecule has 1 saturated heterocycles. The SMILES string of the molecule is O=Cc1nnn(CCN2CCCC2)c1C1CCC1. The Morgan fingerprint density at radius 2 is 1.94 bits per heavy atom. The summed E-state index contributed by atoms with van der Waals surface area (Å²) in [6.07, 6.45) is 7.10. The minimum absolute atomic E-state index is 0.513. The Labute approximate surface area is 107 Å². The van der Waals surface area contributed by atoms with Gasteiger partial charge in [-0.2, -0.15) is 0 Å². The molecule has 0 N–H and O–H groups in total. The molecule has 1 aliphatic carbocycles. The van der Waals surface area contributed by atoms with Gasteiger partial charge in [0, 0.05) is 12.5 Å². The highest BCUT2D eigenvalue weighted by molar-refractivity contribution is 5.73. The summed E-state index contributed by atoms with van der Waals surface area (Å²) in [5.74, 6) is 0.513. The van der Waals surface area contributed by atoms with Crippen LogP contribution in [0.1, 0.15) is 54.2 Å². The normalized spacial score (nSPS) is 21.1. The molecular weight excluding hydrogens is 228 g/mol. The van der Waals surface area contributed by atoms with Crippen LogP contribution in [0.25, 0.3) is 0 Å². The van der Waals surface area contributed by atoms with Crippen molar-refractivity contribution in [3.63, 3.8) is 0 Å². The van der Waals surface area contributed by atoms with Crippen LogP contribution in [0.2, 0.25) is 0 Å². The molecule has 5 heteroatoms. The zero-order valence-corrected chi connectivity index (χ0v) is 10.7. The molecule has 1 aromatic heterocycles. The Bertz CT molecular complexity index is 419. The van der Waals surface area contributed by atoms with Crippen molar-refractivity contribution in [2.75, 3.05) is 19.6 Å². The van der Waals surface area contributed by atoms with E-state index in [0.717, 1.165) is 25.1 Å². The Hall–Kier alpha value is -1.23. The van der Waals surface area contributed by atoms with Crippen LogP contribution < -0.4 is 0 Å². The van der Waals surface area contributed by atoms with Crippen molar-refractivity contribution in [3.8, 4) is 0 Å². The molecular formula is C13H20N4O. The van der Waals surface area contributed by atoms with E-state index in [1.807, 2.05) is 4.68 Å². The number of rotatable bonds is 5. The molecule has 0 bridgehead atoms. The summed E-state index contributed by atoms with van der Waals surface area (Å²) in [6, 6.07) is 0. The second-order valence-electron chi connectivity index (χ2n) is 5.38. The number of aromatic nitrogens is 3. The molecule has 1 aliphatic heterocycles. The van der Waals surface area contributed by atoms with Crippen LogP contribution in [0.3, 0.4) is 0 Å². The zero-order chi connectivity index (χ0) is 12.4. The average Bonchev–Trinajstić information content (AvgIpc) is 2.93. The second-order valence-corrected chi connectivity index (χ2v) is 5.38. The van der Waals surface area contributed by atoms with Crippen LogP contribution in [0.5, 0.6) is 0 Å². The average molecular weight is 248 g/mol. The number of likely N-dealkylation sites (tertiary alicyclic amines) is 1. The van der Waals surface area contributed by atoms with E-state index in [0.29, 0.717) is 11.6 Å². The quantitative estimate of drug-likeness (QED) is 0.740. The predicted octanol–water partition coefficient (Wildman–Crippen LogP) is 1.45. The van der Waals surface area contributed by atoms with Crippen molar-refractivity contribution in [2.45, 2.75) is 44.6 Å². The lowest BCUT2D eigenvalue weighted by Gasteiger charge is -2.26. The van der Waals surface area contributed by atoms with Crippen molar-refractivity contribution in [3.05, 3.63) is 11.4 Å². The van der Waals surface area contributed by atoms with Gasteiger partial charge in [0.15, 0.2) is 6.29 Å². The molecule has 3 rings (SSSR count). The molecule has 1 saturated carbocycles. The number of aldehydes is 1. The van der Waals surface area contributed by atoms with Gasteiger partial charge >= 0.3 is 0 Å². The standard InChI is InChI=1S/C13H20N4O/c18-10-12-13(11-4-3-5-11)17(15-14-12)9-8-16-6-1-2-7-16/h10-11H,1-9H2. The van der Waals surface area contributed by atoms with Crippen LogP contribution >= 0.6 is 0 Å². The summed E-state index contributed by atoms with van der Waals surface area (Å²) in [6.45, 7) is 4.30. The molecule has 0 unspecified atom stereocenters. The van der Waals surface area contributed by atoms with Gasteiger partial charge in [0.2, 0.25) is 0 Å². The van der Waals surface area contributed by atoms with E-state index in [1.165, 1.54) is 45.2 Å². The fourth-order valence-corrected chi connectivity index (χ4v) is 2.93. The van der Waals surface area contributed by atoms with E-state index in [1.54, 1.807) is 0 Å². The third kappa shape index (κ3) is 2.19. The summed E-state index contributed by atoms with van der Waals surface area (Å²) < 4.78 is 1.96. The molecule has 2 aliphatic rings. The molecule has 98 valence electrons. The predicted molar refractivity (Wildman–Crippen MR) is 67.7 cm³/mol. The highest BCUT2D eigenvalue weighted by Gasteiger charge is 2.27. The largest absolute Gasteiger partial charge is 0.301 e. The van der Waals surface area contributed by atoms with E-state index in [9.17, 15) is 4.79 Å².